The van der Waals surface area contributed by atoms with E-state index in [0.717, 1.165) is 4.90 Å². The van der Waals surface area contributed by atoms with Gasteiger partial charge in [0, 0.05) is 12.1 Å². The molecule has 1 unspecified atom stereocenters. The first-order valence-electron chi connectivity index (χ1n) is 9.83. The van der Waals surface area contributed by atoms with Gasteiger partial charge in [0.25, 0.3) is 21.8 Å². The Balaban J connectivity index is 1.62. The molecule has 0 aliphatic carbocycles. The molecule has 0 saturated carbocycles. The third-order valence-corrected chi connectivity index (χ3v) is 6.55. The number of imide groups is 2. The Kier molecular flexibility index (Phi) is 5.43. The summed E-state index contributed by atoms with van der Waals surface area (Å²) >= 11 is 0. The number of piperidine rings is 1. The van der Waals surface area contributed by atoms with Crippen molar-refractivity contribution in [1.29, 1.82) is 0 Å². The molecule has 0 radical (unpaired) electrons. The van der Waals surface area contributed by atoms with Gasteiger partial charge < -0.3 is 4.74 Å². The smallest absolute Gasteiger partial charge is 0.265 e. The second-order valence-electron chi connectivity index (χ2n) is 7.19. The van der Waals surface area contributed by atoms with E-state index in [0.29, 0.717) is 0 Å². The normalized spacial score (nSPS) is 18.4. The quantitative estimate of drug-likeness (QED) is 0.623. The summed E-state index contributed by atoms with van der Waals surface area (Å²) in [6.07, 6.45) is 0.0396. The molecule has 11 heteroatoms. The Morgan fingerprint density at radius 3 is 2.50 bits per heavy atom. The number of anilines is 1. The molecule has 1 fully saturated rings. The number of amides is 4. The number of carbonyl (C=O) groups excluding carboxylic acids is 4. The Morgan fingerprint density at radius 2 is 1.78 bits per heavy atom. The van der Waals surface area contributed by atoms with E-state index in [2.05, 4.69) is 10.0 Å². The first-order valence-corrected chi connectivity index (χ1v) is 11.3. The third-order valence-electron chi connectivity index (χ3n) is 5.13. The van der Waals surface area contributed by atoms with Crippen molar-refractivity contribution in [2.75, 3.05) is 11.3 Å². The Hall–Kier alpha value is -3.73. The van der Waals surface area contributed by atoms with Gasteiger partial charge >= 0.3 is 0 Å². The average molecular weight is 457 g/mol. The molecule has 2 N–H and O–H groups in total. The first kappa shape index (κ1) is 21.5. The second-order valence-corrected chi connectivity index (χ2v) is 8.84. The number of carbonyl (C=O) groups is 4. The van der Waals surface area contributed by atoms with E-state index in [-0.39, 0.29) is 46.9 Å². The highest BCUT2D eigenvalue weighted by Crippen LogP contribution is 2.31. The summed E-state index contributed by atoms with van der Waals surface area (Å²) in [6, 6.07) is 8.96. The van der Waals surface area contributed by atoms with E-state index < -0.39 is 39.7 Å². The van der Waals surface area contributed by atoms with Crippen LogP contribution in [0, 0.1) is 0 Å². The van der Waals surface area contributed by atoms with E-state index in [1.54, 1.807) is 19.1 Å². The van der Waals surface area contributed by atoms with Crippen molar-refractivity contribution in [3.05, 3.63) is 53.6 Å². The van der Waals surface area contributed by atoms with Crippen LogP contribution in [0.5, 0.6) is 5.75 Å². The number of ether oxygens (including phenoxy) is 1. The van der Waals surface area contributed by atoms with Crippen molar-refractivity contribution in [3.63, 3.8) is 0 Å². The standard InChI is InChI=1S/C21H19N3O7S/c1-2-31-16-5-3-4-6-17(16)32(29,30)23-12-7-8-13-14(11-12)21(28)24(20(13)27)15-9-10-18(25)22-19(15)26/h3-8,11,15,23H,2,9-10H2,1H3,(H,22,25,26). The van der Waals surface area contributed by atoms with Gasteiger partial charge in [0.1, 0.15) is 16.7 Å². The van der Waals surface area contributed by atoms with Crippen LogP contribution in [0.3, 0.4) is 0 Å². The summed E-state index contributed by atoms with van der Waals surface area (Å²) in [5, 5.41) is 2.12. The van der Waals surface area contributed by atoms with Gasteiger partial charge in [-0.1, -0.05) is 12.1 Å². The number of nitrogens with zero attached hydrogens (tertiary/aromatic N) is 1. The number of rotatable bonds is 6. The van der Waals surface area contributed by atoms with E-state index in [4.69, 9.17) is 4.74 Å². The van der Waals surface area contributed by atoms with Gasteiger partial charge in [-0.15, -0.1) is 0 Å². The summed E-state index contributed by atoms with van der Waals surface area (Å²) in [5.74, 6) is -2.40. The van der Waals surface area contributed by atoms with Gasteiger partial charge in [-0.25, -0.2) is 8.42 Å². The minimum absolute atomic E-state index is 0.00804. The molecule has 0 aromatic heterocycles. The lowest BCUT2D eigenvalue weighted by molar-refractivity contribution is -0.136. The molecule has 0 spiro atoms. The maximum absolute atomic E-state index is 12.9. The van der Waals surface area contributed by atoms with Crippen LogP contribution in [0.25, 0.3) is 0 Å². The lowest BCUT2D eigenvalue weighted by atomic mass is 10.0. The molecule has 2 aromatic rings. The molecule has 32 heavy (non-hydrogen) atoms. The number of fused-ring (bicyclic) bond motifs is 1. The minimum Gasteiger partial charge on any atom is -0.492 e. The number of benzene rings is 2. The monoisotopic (exact) mass is 457 g/mol. The third kappa shape index (κ3) is 3.71. The molecule has 2 aliphatic rings. The molecule has 166 valence electrons. The van der Waals surface area contributed by atoms with Gasteiger partial charge in [-0.2, -0.15) is 0 Å². The zero-order chi connectivity index (χ0) is 23.0. The summed E-state index contributed by atoms with van der Waals surface area (Å²) < 4.78 is 33.6. The summed E-state index contributed by atoms with van der Waals surface area (Å²) in [5.41, 5.74) is 0.0942. The number of para-hydroxylation sites is 1. The van der Waals surface area contributed by atoms with Crippen molar-refractivity contribution in [1.82, 2.24) is 10.2 Å². The number of sulfonamides is 1. The van der Waals surface area contributed by atoms with Crippen LogP contribution in [-0.4, -0.2) is 49.6 Å². The molecule has 1 saturated heterocycles. The van der Waals surface area contributed by atoms with Crippen molar-refractivity contribution in [3.8, 4) is 5.75 Å². The number of hydrogen-bond acceptors (Lipinski definition) is 7. The Labute approximate surface area is 183 Å². The maximum atomic E-state index is 12.9. The zero-order valence-electron chi connectivity index (χ0n) is 17.0. The molecule has 2 heterocycles. The molecular weight excluding hydrogens is 438 g/mol. The highest BCUT2D eigenvalue weighted by molar-refractivity contribution is 7.92. The largest absolute Gasteiger partial charge is 0.492 e. The molecule has 0 bridgehead atoms. The van der Waals surface area contributed by atoms with Crippen LogP contribution in [0.4, 0.5) is 5.69 Å². The van der Waals surface area contributed by atoms with Gasteiger partial charge in [0.2, 0.25) is 11.8 Å². The fraction of sp³-hybridized carbons (Fsp3) is 0.238. The lowest BCUT2D eigenvalue weighted by Gasteiger charge is -2.27. The number of nitrogens with one attached hydrogen (secondary N) is 2. The van der Waals surface area contributed by atoms with Crippen LogP contribution in [-0.2, 0) is 19.6 Å². The van der Waals surface area contributed by atoms with Gasteiger partial charge in [0.15, 0.2) is 0 Å². The summed E-state index contributed by atoms with van der Waals surface area (Å²) in [4.78, 5) is 49.9. The molecule has 4 rings (SSSR count). The second kappa shape index (κ2) is 8.08. The topological polar surface area (TPSA) is 139 Å². The Bertz CT molecular complexity index is 1260. The molecule has 2 aliphatic heterocycles. The van der Waals surface area contributed by atoms with Crippen molar-refractivity contribution in [2.24, 2.45) is 0 Å². The molecule has 1 atom stereocenters. The lowest BCUT2D eigenvalue weighted by Crippen LogP contribution is -2.54. The Morgan fingerprint density at radius 1 is 1.06 bits per heavy atom. The van der Waals surface area contributed by atoms with Gasteiger partial charge in [-0.3, -0.25) is 34.1 Å². The average Bonchev–Trinajstić information content (AvgIpc) is 2.98. The first-order chi connectivity index (χ1) is 15.2. The van der Waals surface area contributed by atoms with E-state index >= 15 is 0 Å². The summed E-state index contributed by atoms with van der Waals surface area (Å²) in [7, 11) is -4.05. The highest BCUT2D eigenvalue weighted by Gasteiger charge is 2.44. The maximum Gasteiger partial charge on any atom is 0.265 e. The molecule has 4 amide bonds. The highest BCUT2D eigenvalue weighted by atomic mass is 32.2. The van der Waals surface area contributed by atoms with Crippen LogP contribution in [0.15, 0.2) is 47.4 Å². The predicted molar refractivity (Wildman–Crippen MR) is 112 cm³/mol. The van der Waals surface area contributed by atoms with Gasteiger partial charge in [0.05, 0.1) is 17.7 Å². The zero-order valence-corrected chi connectivity index (χ0v) is 17.8. The van der Waals surface area contributed by atoms with Crippen LogP contribution >= 0.6 is 0 Å². The van der Waals surface area contributed by atoms with Crippen molar-refractivity contribution in [2.45, 2.75) is 30.7 Å². The molecular formula is C21H19N3O7S. The minimum atomic E-state index is -4.05. The fourth-order valence-electron chi connectivity index (χ4n) is 3.69. The SMILES string of the molecule is CCOc1ccccc1S(=O)(=O)Nc1ccc2c(c1)C(=O)N(C1CCC(=O)NC1=O)C2=O. The molecule has 10 nitrogen and oxygen atoms in total. The van der Waals surface area contributed by atoms with E-state index in [9.17, 15) is 27.6 Å². The van der Waals surface area contributed by atoms with Gasteiger partial charge in [-0.05, 0) is 43.7 Å². The van der Waals surface area contributed by atoms with Crippen LogP contribution < -0.4 is 14.8 Å². The molecule has 2 aromatic carbocycles. The van der Waals surface area contributed by atoms with Crippen LogP contribution in [0.2, 0.25) is 0 Å². The van der Waals surface area contributed by atoms with E-state index in [1.807, 2.05) is 0 Å². The fourth-order valence-corrected chi connectivity index (χ4v) is 4.89. The summed E-state index contributed by atoms with van der Waals surface area (Å²) in [6.45, 7) is 2.01. The van der Waals surface area contributed by atoms with Crippen molar-refractivity contribution >= 4 is 39.3 Å². The predicted octanol–water partition coefficient (Wildman–Crippen LogP) is 1.29. The van der Waals surface area contributed by atoms with Crippen LogP contribution in [0.1, 0.15) is 40.5 Å². The van der Waals surface area contributed by atoms with E-state index in [1.165, 1.54) is 30.3 Å². The van der Waals surface area contributed by atoms with Crippen molar-refractivity contribution < 1.29 is 32.3 Å². The number of hydrogen-bond donors (Lipinski definition) is 2.